The van der Waals surface area contributed by atoms with Crippen LogP contribution >= 0.6 is 0 Å². The van der Waals surface area contributed by atoms with Crippen molar-refractivity contribution in [1.82, 2.24) is 19.6 Å². The van der Waals surface area contributed by atoms with Gasteiger partial charge in [0.2, 0.25) is 0 Å². The Morgan fingerprint density at radius 3 is 2.58 bits per heavy atom. The minimum Gasteiger partial charge on any atom is -0.275 e. The van der Waals surface area contributed by atoms with Gasteiger partial charge < -0.3 is 0 Å². The fourth-order valence-corrected chi connectivity index (χ4v) is 3.42. The minimum atomic E-state index is -3.65. The second-order valence-corrected chi connectivity index (χ2v) is 5.98. The van der Waals surface area contributed by atoms with Gasteiger partial charge in [-0.2, -0.15) is 18.6 Å². The summed E-state index contributed by atoms with van der Waals surface area (Å²) in [4.78, 5) is 0. The fraction of sp³-hybridized carbons (Fsp3) is 0.455. The molecule has 0 unspecified atom stereocenters. The maximum atomic E-state index is 12.4. The van der Waals surface area contributed by atoms with Gasteiger partial charge in [-0.15, -0.1) is 0 Å². The summed E-state index contributed by atoms with van der Waals surface area (Å²) < 4.78 is 30.3. The highest BCUT2D eigenvalue weighted by Crippen LogP contribution is 2.21. The van der Waals surface area contributed by atoms with Gasteiger partial charge in [-0.1, -0.05) is 6.92 Å². The first-order chi connectivity index (χ1) is 8.85. The summed E-state index contributed by atoms with van der Waals surface area (Å²) >= 11 is 0. The predicted octanol–water partition coefficient (Wildman–Crippen LogP) is 0.825. The second-order valence-electron chi connectivity index (χ2n) is 4.38. The van der Waals surface area contributed by atoms with E-state index in [2.05, 4.69) is 14.9 Å². The molecule has 8 heteroatoms. The van der Waals surface area contributed by atoms with Gasteiger partial charge in [0.15, 0.2) is 5.03 Å². The Hall–Kier alpha value is -1.83. The summed E-state index contributed by atoms with van der Waals surface area (Å²) in [6, 6.07) is 0. The van der Waals surface area contributed by atoms with E-state index in [0.29, 0.717) is 23.4 Å². The Morgan fingerprint density at radius 2 is 2.05 bits per heavy atom. The quantitative estimate of drug-likeness (QED) is 0.901. The van der Waals surface area contributed by atoms with E-state index in [4.69, 9.17) is 0 Å². The minimum absolute atomic E-state index is 0.165. The number of aryl methyl sites for hydroxylation is 4. The summed E-state index contributed by atoms with van der Waals surface area (Å²) in [6.07, 6.45) is 3.84. The third-order valence-corrected chi connectivity index (χ3v) is 4.38. The van der Waals surface area contributed by atoms with Crippen LogP contribution in [0.3, 0.4) is 0 Å². The topological polar surface area (TPSA) is 81.8 Å². The first-order valence-corrected chi connectivity index (χ1v) is 7.37. The molecule has 104 valence electrons. The van der Waals surface area contributed by atoms with Crippen molar-refractivity contribution >= 4 is 15.7 Å². The number of anilines is 1. The Morgan fingerprint density at radius 1 is 1.37 bits per heavy atom. The van der Waals surface area contributed by atoms with Crippen molar-refractivity contribution in [1.29, 1.82) is 0 Å². The molecule has 0 bridgehead atoms. The number of sulfonamides is 1. The maximum Gasteiger partial charge on any atom is 0.279 e. The van der Waals surface area contributed by atoms with Gasteiger partial charge in [-0.3, -0.25) is 14.1 Å². The van der Waals surface area contributed by atoms with Crippen LogP contribution in [0.5, 0.6) is 0 Å². The van der Waals surface area contributed by atoms with Crippen LogP contribution < -0.4 is 4.72 Å². The number of nitrogens with one attached hydrogen (secondary N) is 1. The van der Waals surface area contributed by atoms with E-state index >= 15 is 0 Å². The van der Waals surface area contributed by atoms with E-state index in [-0.39, 0.29) is 5.03 Å². The normalized spacial score (nSPS) is 11.8. The molecule has 0 saturated heterocycles. The number of aromatic nitrogens is 4. The van der Waals surface area contributed by atoms with Crippen molar-refractivity contribution in [3.8, 4) is 0 Å². The van der Waals surface area contributed by atoms with Gasteiger partial charge >= 0.3 is 0 Å². The van der Waals surface area contributed by atoms with Crippen molar-refractivity contribution in [3.63, 3.8) is 0 Å². The van der Waals surface area contributed by atoms with E-state index in [1.165, 1.54) is 10.9 Å². The molecule has 2 heterocycles. The molecule has 2 aromatic heterocycles. The Labute approximate surface area is 112 Å². The standard InChI is InChI=1S/C11H17N5O2S/c1-5-9-10(7-15(3)13-9)14-19(17,18)11-8(2)6-12-16(11)4/h6-7,14H,5H2,1-4H3. The zero-order chi connectivity index (χ0) is 14.2. The number of hydrogen-bond acceptors (Lipinski definition) is 4. The lowest BCUT2D eigenvalue weighted by molar-refractivity contribution is 0.580. The Balaban J connectivity index is 2.42. The molecule has 7 nitrogen and oxygen atoms in total. The molecule has 0 aliphatic heterocycles. The molecular formula is C11H17N5O2S. The van der Waals surface area contributed by atoms with E-state index in [1.54, 1.807) is 31.9 Å². The molecule has 0 fully saturated rings. The van der Waals surface area contributed by atoms with Crippen molar-refractivity contribution in [3.05, 3.63) is 23.7 Å². The average molecular weight is 283 g/mol. The van der Waals surface area contributed by atoms with Crippen LogP contribution in [0.25, 0.3) is 0 Å². The smallest absolute Gasteiger partial charge is 0.275 e. The molecule has 19 heavy (non-hydrogen) atoms. The molecular weight excluding hydrogens is 266 g/mol. The summed E-state index contributed by atoms with van der Waals surface area (Å²) in [7, 11) is -0.295. The fourth-order valence-electron chi connectivity index (χ4n) is 2.00. The highest BCUT2D eigenvalue weighted by molar-refractivity contribution is 7.92. The lowest BCUT2D eigenvalue weighted by Crippen LogP contribution is -2.18. The molecule has 2 rings (SSSR count). The van der Waals surface area contributed by atoms with E-state index in [9.17, 15) is 8.42 Å². The second kappa shape index (κ2) is 4.69. The van der Waals surface area contributed by atoms with Crippen molar-refractivity contribution in [2.45, 2.75) is 25.3 Å². The van der Waals surface area contributed by atoms with E-state index in [0.717, 1.165) is 0 Å². The summed E-state index contributed by atoms with van der Waals surface area (Å²) in [5, 5.41) is 8.32. The van der Waals surface area contributed by atoms with Crippen LogP contribution in [0.4, 0.5) is 5.69 Å². The highest BCUT2D eigenvalue weighted by Gasteiger charge is 2.23. The van der Waals surface area contributed by atoms with E-state index < -0.39 is 10.0 Å². The van der Waals surface area contributed by atoms with Gasteiger partial charge in [0.05, 0.1) is 17.6 Å². The summed E-state index contributed by atoms with van der Waals surface area (Å²) in [5.74, 6) is 0. The highest BCUT2D eigenvalue weighted by atomic mass is 32.2. The first kappa shape index (κ1) is 13.6. The SMILES string of the molecule is CCc1nn(C)cc1NS(=O)(=O)c1c(C)cnn1C. The van der Waals surface area contributed by atoms with Gasteiger partial charge in [-0.25, -0.2) is 0 Å². The van der Waals surface area contributed by atoms with Crippen LogP contribution in [0.1, 0.15) is 18.2 Å². The summed E-state index contributed by atoms with van der Waals surface area (Å²) in [6.45, 7) is 3.64. The Bertz CT molecular complexity index is 679. The largest absolute Gasteiger partial charge is 0.279 e. The van der Waals surface area contributed by atoms with Gasteiger partial charge in [-0.05, 0) is 13.3 Å². The molecule has 0 atom stereocenters. The number of rotatable bonds is 4. The van der Waals surface area contributed by atoms with Crippen LogP contribution in [0, 0.1) is 6.92 Å². The molecule has 1 N–H and O–H groups in total. The molecule has 0 amide bonds. The zero-order valence-corrected chi connectivity index (χ0v) is 12.2. The molecule has 0 aliphatic carbocycles. The molecule has 0 aromatic carbocycles. The molecule has 0 radical (unpaired) electrons. The molecule has 0 aliphatic rings. The van der Waals surface area contributed by atoms with Crippen LogP contribution in [-0.4, -0.2) is 28.0 Å². The first-order valence-electron chi connectivity index (χ1n) is 5.89. The van der Waals surface area contributed by atoms with Gasteiger partial charge in [0.1, 0.15) is 0 Å². The summed E-state index contributed by atoms with van der Waals surface area (Å²) in [5.41, 5.74) is 1.83. The molecule has 0 spiro atoms. The van der Waals surface area contributed by atoms with E-state index in [1.807, 2.05) is 6.92 Å². The zero-order valence-electron chi connectivity index (χ0n) is 11.4. The third kappa shape index (κ3) is 2.48. The molecule has 2 aromatic rings. The number of hydrogen-bond donors (Lipinski definition) is 1. The van der Waals surface area contributed by atoms with Crippen molar-refractivity contribution < 1.29 is 8.42 Å². The van der Waals surface area contributed by atoms with Crippen LogP contribution in [0.2, 0.25) is 0 Å². The third-order valence-electron chi connectivity index (χ3n) is 2.79. The number of nitrogens with zero attached hydrogens (tertiary/aromatic N) is 4. The molecule has 0 saturated carbocycles. The van der Waals surface area contributed by atoms with Crippen LogP contribution in [-0.2, 0) is 30.5 Å². The van der Waals surface area contributed by atoms with Crippen molar-refractivity contribution in [2.75, 3.05) is 4.72 Å². The van der Waals surface area contributed by atoms with Gasteiger partial charge in [0, 0.05) is 25.9 Å². The predicted molar refractivity (Wildman–Crippen MR) is 71.3 cm³/mol. The maximum absolute atomic E-state index is 12.4. The average Bonchev–Trinajstić information content (AvgIpc) is 2.81. The lowest BCUT2D eigenvalue weighted by Gasteiger charge is -2.08. The van der Waals surface area contributed by atoms with Crippen LogP contribution in [0.15, 0.2) is 17.4 Å². The monoisotopic (exact) mass is 283 g/mol. The van der Waals surface area contributed by atoms with Gasteiger partial charge in [0.25, 0.3) is 10.0 Å². The van der Waals surface area contributed by atoms with Crippen molar-refractivity contribution in [2.24, 2.45) is 14.1 Å². The lowest BCUT2D eigenvalue weighted by atomic mass is 10.3. The Kier molecular flexibility index (Phi) is 3.36.